The van der Waals surface area contributed by atoms with Crippen molar-refractivity contribution >= 4 is 34.8 Å². The van der Waals surface area contributed by atoms with Gasteiger partial charge in [-0.05, 0) is 24.3 Å². The lowest BCUT2D eigenvalue weighted by molar-refractivity contribution is 0.391. The Bertz CT molecular complexity index is 560. The average Bonchev–Trinajstić information content (AvgIpc) is 2.37. The Morgan fingerprint density at radius 2 is 1.89 bits per heavy atom. The van der Waals surface area contributed by atoms with Crippen molar-refractivity contribution in [3.63, 3.8) is 0 Å². The van der Waals surface area contributed by atoms with Gasteiger partial charge in [-0.15, -0.1) is 0 Å². The first-order valence-corrected chi connectivity index (χ1v) is 6.29. The van der Waals surface area contributed by atoms with Crippen LogP contribution in [0.15, 0.2) is 65.4 Å². The molecular weight excluding hydrogens is 307 g/mol. The molecule has 1 rings (SSSR count). The number of rotatable bonds is 5. The van der Waals surface area contributed by atoms with E-state index in [0.717, 1.165) is 0 Å². The monoisotopic (exact) mass is 316 g/mol. The van der Waals surface area contributed by atoms with Crippen molar-refractivity contribution in [1.82, 2.24) is 0 Å². The standard InChI is InChI=1S/C14H11Cl3O2/c1-3-9(15)7-11(17)13(4-2)19-14-6-5-10(16)8-12(14)18/h3-8,18H,1-2H2/b9-7+,13-11-. The average molecular weight is 318 g/mol. The third-order valence-corrected chi connectivity index (χ3v) is 2.82. The van der Waals surface area contributed by atoms with Crippen LogP contribution >= 0.6 is 34.8 Å². The van der Waals surface area contributed by atoms with Crippen LogP contribution in [0.5, 0.6) is 11.5 Å². The van der Waals surface area contributed by atoms with Gasteiger partial charge < -0.3 is 9.84 Å². The van der Waals surface area contributed by atoms with E-state index in [1.165, 1.54) is 30.4 Å². The van der Waals surface area contributed by atoms with Crippen LogP contribution in [0.4, 0.5) is 0 Å². The summed E-state index contributed by atoms with van der Waals surface area (Å²) < 4.78 is 5.44. The van der Waals surface area contributed by atoms with Gasteiger partial charge in [0.1, 0.15) is 5.76 Å². The second kappa shape index (κ2) is 7.29. The van der Waals surface area contributed by atoms with E-state index in [2.05, 4.69) is 13.2 Å². The highest BCUT2D eigenvalue weighted by atomic mass is 35.5. The highest BCUT2D eigenvalue weighted by Crippen LogP contribution is 2.31. The molecule has 0 unspecified atom stereocenters. The van der Waals surface area contributed by atoms with Crippen LogP contribution in [0, 0.1) is 0 Å². The minimum absolute atomic E-state index is 0.102. The molecule has 0 heterocycles. The lowest BCUT2D eigenvalue weighted by Gasteiger charge is -2.09. The maximum absolute atomic E-state index is 9.68. The quantitative estimate of drug-likeness (QED) is 0.584. The van der Waals surface area contributed by atoms with E-state index in [1.807, 2.05) is 0 Å². The number of phenols is 1. The van der Waals surface area contributed by atoms with E-state index >= 15 is 0 Å². The fourth-order valence-corrected chi connectivity index (χ4v) is 1.70. The number of ether oxygens (including phenoxy) is 1. The molecule has 0 atom stereocenters. The van der Waals surface area contributed by atoms with Crippen LogP contribution in [-0.4, -0.2) is 5.11 Å². The Hall–Kier alpha value is -1.35. The topological polar surface area (TPSA) is 29.5 Å². The summed E-state index contributed by atoms with van der Waals surface area (Å²) in [4.78, 5) is 0. The molecule has 1 aromatic rings. The van der Waals surface area contributed by atoms with Gasteiger partial charge in [0.25, 0.3) is 0 Å². The lowest BCUT2D eigenvalue weighted by atomic mass is 10.3. The van der Waals surface area contributed by atoms with Crippen molar-refractivity contribution in [2.45, 2.75) is 0 Å². The molecule has 0 fully saturated rings. The van der Waals surface area contributed by atoms with Gasteiger partial charge >= 0.3 is 0 Å². The number of phenolic OH excluding ortho intramolecular Hbond substituents is 1. The smallest absolute Gasteiger partial charge is 0.169 e. The van der Waals surface area contributed by atoms with Crippen molar-refractivity contribution < 1.29 is 9.84 Å². The van der Waals surface area contributed by atoms with Crippen molar-refractivity contribution in [2.24, 2.45) is 0 Å². The van der Waals surface area contributed by atoms with E-state index in [9.17, 15) is 5.11 Å². The van der Waals surface area contributed by atoms with E-state index in [1.54, 1.807) is 6.07 Å². The fraction of sp³-hybridized carbons (Fsp3) is 0. The predicted octanol–water partition coefficient (Wildman–Crippen LogP) is 5.37. The zero-order valence-electron chi connectivity index (χ0n) is 9.87. The first kappa shape index (κ1) is 15.7. The van der Waals surface area contributed by atoms with Crippen LogP contribution in [0.1, 0.15) is 0 Å². The largest absolute Gasteiger partial charge is 0.504 e. The summed E-state index contributed by atoms with van der Waals surface area (Å²) in [5, 5.41) is 10.7. The SMILES string of the molecule is C=C/C(Oc1ccc(Cl)cc1O)=C(Cl)\C=C(\Cl)C=C. The van der Waals surface area contributed by atoms with E-state index < -0.39 is 0 Å². The zero-order valence-corrected chi connectivity index (χ0v) is 12.1. The highest BCUT2D eigenvalue weighted by Gasteiger charge is 2.07. The fourth-order valence-electron chi connectivity index (χ4n) is 1.13. The summed E-state index contributed by atoms with van der Waals surface area (Å²) in [6.07, 6.45) is 4.30. The zero-order chi connectivity index (χ0) is 14.4. The van der Waals surface area contributed by atoms with Crippen LogP contribution in [0.25, 0.3) is 0 Å². The number of benzene rings is 1. The number of hydrogen-bond acceptors (Lipinski definition) is 2. The number of allylic oxidation sites excluding steroid dienone is 5. The van der Waals surface area contributed by atoms with Crippen LogP contribution in [-0.2, 0) is 0 Å². The van der Waals surface area contributed by atoms with Gasteiger partial charge in [0.15, 0.2) is 11.5 Å². The van der Waals surface area contributed by atoms with Gasteiger partial charge in [0, 0.05) is 16.1 Å². The van der Waals surface area contributed by atoms with Crippen molar-refractivity contribution in [3.8, 4) is 11.5 Å². The Morgan fingerprint density at radius 1 is 1.21 bits per heavy atom. The first-order valence-electron chi connectivity index (χ1n) is 5.16. The first-order chi connectivity index (χ1) is 8.97. The molecule has 0 saturated carbocycles. The molecule has 0 aliphatic heterocycles. The molecule has 0 aliphatic carbocycles. The molecule has 0 spiro atoms. The Balaban J connectivity index is 3.09. The van der Waals surface area contributed by atoms with Crippen LogP contribution in [0.3, 0.4) is 0 Å². The molecule has 2 nitrogen and oxygen atoms in total. The molecule has 0 aliphatic rings. The molecule has 0 radical (unpaired) electrons. The Morgan fingerprint density at radius 3 is 2.42 bits per heavy atom. The molecule has 0 saturated heterocycles. The molecule has 100 valence electrons. The third-order valence-electron chi connectivity index (χ3n) is 2.02. The normalized spacial score (nSPS) is 12.7. The summed E-state index contributed by atoms with van der Waals surface area (Å²) in [5.74, 6) is 0.356. The third kappa shape index (κ3) is 4.67. The summed E-state index contributed by atoms with van der Waals surface area (Å²) in [7, 11) is 0. The van der Waals surface area contributed by atoms with Crippen molar-refractivity contribution in [2.75, 3.05) is 0 Å². The molecule has 0 bridgehead atoms. The van der Waals surface area contributed by atoms with E-state index in [4.69, 9.17) is 39.5 Å². The predicted molar refractivity (Wildman–Crippen MR) is 81.0 cm³/mol. The minimum atomic E-state index is -0.102. The van der Waals surface area contributed by atoms with E-state index in [0.29, 0.717) is 10.1 Å². The maximum Gasteiger partial charge on any atom is 0.169 e. The molecule has 1 aromatic carbocycles. The summed E-state index contributed by atoms with van der Waals surface area (Å²) in [6, 6.07) is 4.46. The van der Waals surface area contributed by atoms with Gasteiger partial charge in [-0.2, -0.15) is 0 Å². The van der Waals surface area contributed by atoms with Crippen molar-refractivity contribution in [3.05, 3.63) is 70.4 Å². The second-order valence-electron chi connectivity index (χ2n) is 3.36. The van der Waals surface area contributed by atoms with Gasteiger partial charge in [0.05, 0.1) is 5.03 Å². The molecule has 1 N–H and O–H groups in total. The van der Waals surface area contributed by atoms with Gasteiger partial charge in [0.2, 0.25) is 0 Å². The van der Waals surface area contributed by atoms with Gasteiger partial charge in [-0.1, -0.05) is 54.0 Å². The Kier molecular flexibility index (Phi) is 6.03. The molecular formula is C14H11Cl3O2. The van der Waals surface area contributed by atoms with Crippen LogP contribution in [0.2, 0.25) is 5.02 Å². The molecule has 0 aromatic heterocycles. The number of aromatic hydroxyl groups is 1. The van der Waals surface area contributed by atoms with Crippen LogP contribution < -0.4 is 4.74 Å². The second-order valence-corrected chi connectivity index (χ2v) is 4.64. The van der Waals surface area contributed by atoms with Gasteiger partial charge in [-0.25, -0.2) is 0 Å². The maximum atomic E-state index is 9.68. The number of hydrogen-bond donors (Lipinski definition) is 1. The van der Waals surface area contributed by atoms with Crippen molar-refractivity contribution in [1.29, 1.82) is 0 Å². The lowest BCUT2D eigenvalue weighted by Crippen LogP contribution is -1.94. The van der Waals surface area contributed by atoms with E-state index in [-0.39, 0.29) is 22.3 Å². The summed E-state index contributed by atoms with van der Waals surface area (Å²) >= 11 is 17.5. The molecule has 19 heavy (non-hydrogen) atoms. The number of halogens is 3. The van der Waals surface area contributed by atoms with Gasteiger partial charge in [-0.3, -0.25) is 0 Å². The Labute approximate surface area is 126 Å². The molecule has 0 amide bonds. The highest BCUT2D eigenvalue weighted by molar-refractivity contribution is 6.35. The summed E-state index contributed by atoms with van der Waals surface area (Å²) in [6.45, 7) is 7.09. The summed E-state index contributed by atoms with van der Waals surface area (Å²) in [5.41, 5.74) is 0. The minimum Gasteiger partial charge on any atom is -0.504 e. The molecule has 5 heteroatoms.